The van der Waals surface area contributed by atoms with E-state index >= 15 is 0 Å². The Bertz CT molecular complexity index is 392. The third-order valence-electron chi connectivity index (χ3n) is 2.73. The van der Waals surface area contributed by atoms with Gasteiger partial charge in [-0.05, 0) is 6.42 Å². The van der Waals surface area contributed by atoms with Crippen molar-refractivity contribution in [3.05, 3.63) is 12.2 Å². The van der Waals surface area contributed by atoms with E-state index in [0.717, 1.165) is 13.0 Å². The Morgan fingerprint density at radius 1 is 1.27 bits per heavy atom. The zero-order chi connectivity index (χ0) is 17.1. The van der Waals surface area contributed by atoms with Gasteiger partial charge < -0.3 is 25.5 Å². The van der Waals surface area contributed by atoms with Crippen molar-refractivity contribution in [2.24, 2.45) is 0 Å². The third-order valence-corrected chi connectivity index (χ3v) is 2.73. The molecule has 0 aliphatic carbocycles. The van der Waals surface area contributed by atoms with E-state index in [-0.39, 0.29) is 5.91 Å². The molecule has 1 unspecified atom stereocenters. The first-order valence-electron chi connectivity index (χ1n) is 7.05. The summed E-state index contributed by atoms with van der Waals surface area (Å²) in [6.07, 6.45) is 2.25. The van der Waals surface area contributed by atoms with Crippen LogP contribution in [0, 0.1) is 0 Å². The number of carboxylic acid groups (broad SMARTS) is 2. The van der Waals surface area contributed by atoms with E-state index < -0.39 is 18.0 Å². The van der Waals surface area contributed by atoms with Gasteiger partial charge in [0.05, 0.1) is 6.10 Å². The zero-order valence-corrected chi connectivity index (χ0v) is 12.9. The molecular weight excluding hydrogens is 292 g/mol. The lowest BCUT2D eigenvalue weighted by Crippen LogP contribution is -2.40. The maximum atomic E-state index is 11.2. The van der Waals surface area contributed by atoms with Gasteiger partial charge in [-0.15, -0.1) is 0 Å². The molecule has 1 saturated heterocycles. The van der Waals surface area contributed by atoms with Gasteiger partial charge in [-0.1, -0.05) is 13.8 Å². The summed E-state index contributed by atoms with van der Waals surface area (Å²) in [7, 11) is 0. The molecule has 0 aromatic rings. The van der Waals surface area contributed by atoms with E-state index in [1.165, 1.54) is 0 Å². The lowest BCUT2D eigenvalue weighted by molar-refractivity contribution is -0.134. The molecule has 1 heterocycles. The van der Waals surface area contributed by atoms with Gasteiger partial charge in [0.1, 0.15) is 0 Å². The van der Waals surface area contributed by atoms with Crippen LogP contribution in [0.3, 0.4) is 0 Å². The molecule has 1 amide bonds. The third kappa shape index (κ3) is 10.8. The van der Waals surface area contributed by atoms with Crippen LogP contribution >= 0.6 is 0 Å². The molecule has 1 aliphatic heterocycles. The van der Waals surface area contributed by atoms with Crippen molar-refractivity contribution in [1.82, 2.24) is 10.2 Å². The molecule has 0 spiro atoms. The molecule has 8 heteroatoms. The first-order valence-corrected chi connectivity index (χ1v) is 7.05. The van der Waals surface area contributed by atoms with Gasteiger partial charge in [0.2, 0.25) is 5.91 Å². The molecule has 1 atom stereocenters. The predicted molar refractivity (Wildman–Crippen MR) is 79.4 cm³/mol. The van der Waals surface area contributed by atoms with Crippen LogP contribution in [0.4, 0.5) is 0 Å². The first-order chi connectivity index (χ1) is 10.2. The van der Waals surface area contributed by atoms with E-state index in [4.69, 9.17) is 10.2 Å². The Morgan fingerprint density at radius 3 is 2.18 bits per heavy atom. The SMILES string of the molecule is CC(C)NCC(O)CN1CCCC1=O.O=C(O)/C=C/C(=O)O. The Balaban J connectivity index is 0.000000472. The summed E-state index contributed by atoms with van der Waals surface area (Å²) in [6.45, 7) is 5.90. The molecule has 4 N–H and O–H groups in total. The molecule has 0 aromatic heterocycles. The second-order valence-corrected chi connectivity index (χ2v) is 5.17. The lowest BCUT2D eigenvalue weighted by Gasteiger charge is -2.20. The van der Waals surface area contributed by atoms with Crippen molar-refractivity contribution in [1.29, 1.82) is 0 Å². The van der Waals surface area contributed by atoms with Crippen LogP contribution in [0.15, 0.2) is 12.2 Å². The Kier molecular flexibility index (Phi) is 9.80. The number of likely N-dealkylation sites (tertiary alicyclic amines) is 1. The number of aliphatic carboxylic acids is 2. The number of hydrogen-bond donors (Lipinski definition) is 4. The topological polar surface area (TPSA) is 127 Å². The van der Waals surface area contributed by atoms with E-state index in [1.54, 1.807) is 4.90 Å². The number of rotatable bonds is 7. The van der Waals surface area contributed by atoms with Gasteiger partial charge in [0.15, 0.2) is 0 Å². The number of hydrogen-bond acceptors (Lipinski definition) is 5. The molecule has 1 fully saturated rings. The Labute approximate surface area is 129 Å². The van der Waals surface area contributed by atoms with Gasteiger partial charge in [-0.25, -0.2) is 9.59 Å². The summed E-state index contributed by atoms with van der Waals surface area (Å²) in [5.74, 6) is -2.34. The number of aliphatic hydroxyl groups is 1. The van der Waals surface area contributed by atoms with Crippen LogP contribution in [0.25, 0.3) is 0 Å². The molecule has 8 nitrogen and oxygen atoms in total. The number of carbonyl (C=O) groups is 3. The van der Waals surface area contributed by atoms with Crippen molar-refractivity contribution in [2.45, 2.75) is 38.8 Å². The van der Waals surface area contributed by atoms with Crippen LogP contribution in [0.1, 0.15) is 26.7 Å². The van der Waals surface area contributed by atoms with Crippen LogP contribution < -0.4 is 5.32 Å². The fourth-order valence-electron chi connectivity index (χ4n) is 1.73. The number of carboxylic acids is 2. The van der Waals surface area contributed by atoms with Crippen LogP contribution in [-0.2, 0) is 14.4 Å². The summed E-state index contributed by atoms with van der Waals surface area (Å²) in [6, 6.07) is 0.374. The number of carbonyl (C=O) groups excluding carboxylic acids is 1. The van der Waals surface area contributed by atoms with Crippen molar-refractivity contribution in [2.75, 3.05) is 19.6 Å². The smallest absolute Gasteiger partial charge is 0.328 e. The van der Waals surface area contributed by atoms with Gasteiger partial charge in [0.25, 0.3) is 0 Å². The second-order valence-electron chi connectivity index (χ2n) is 5.17. The highest BCUT2D eigenvalue weighted by Crippen LogP contribution is 2.09. The summed E-state index contributed by atoms with van der Waals surface area (Å²) in [5, 5.41) is 28.4. The fraction of sp³-hybridized carbons (Fsp3) is 0.643. The Morgan fingerprint density at radius 2 is 1.82 bits per heavy atom. The summed E-state index contributed by atoms with van der Waals surface area (Å²) in [4.78, 5) is 32.1. The second kappa shape index (κ2) is 10.7. The van der Waals surface area contributed by atoms with E-state index in [9.17, 15) is 19.5 Å². The Hall–Kier alpha value is -1.93. The van der Waals surface area contributed by atoms with Crippen molar-refractivity contribution in [3.8, 4) is 0 Å². The average molecular weight is 316 g/mol. The summed E-state index contributed by atoms with van der Waals surface area (Å²) >= 11 is 0. The standard InChI is InChI=1S/C10H20N2O2.C4H4O4/c1-8(2)11-6-9(13)7-12-5-3-4-10(12)14;5-3(6)1-2-4(7)8/h8-9,11,13H,3-7H2,1-2H3;1-2H,(H,5,6)(H,7,8)/b;2-1+. The normalized spacial score (nSPS) is 15.8. The van der Waals surface area contributed by atoms with E-state index in [2.05, 4.69) is 5.32 Å². The van der Waals surface area contributed by atoms with Crippen molar-refractivity contribution < 1.29 is 29.7 Å². The molecular formula is C14H24N2O6. The lowest BCUT2D eigenvalue weighted by atomic mass is 10.3. The first kappa shape index (κ1) is 20.1. The minimum absolute atomic E-state index is 0.175. The van der Waals surface area contributed by atoms with Crippen molar-refractivity contribution >= 4 is 17.8 Å². The number of amides is 1. The quantitative estimate of drug-likeness (QED) is 0.474. The van der Waals surface area contributed by atoms with Gasteiger partial charge in [-0.3, -0.25) is 4.79 Å². The molecule has 0 bridgehead atoms. The predicted octanol–water partition coefficient (Wildman–Crippen LogP) is -0.320. The van der Waals surface area contributed by atoms with E-state index in [0.29, 0.717) is 37.7 Å². The van der Waals surface area contributed by atoms with Crippen LogP contribution in [0.2, 0.25) is 0 Å². The molecule has 0 radical (unpaired) electrons. The van der Waals surface area contributed by atoms with Gasteiger partial charge in [0, 0.05) is 44.2 Å². The van der Waals surface area contributed by atoms with Crippen LogP contribution in [0.5, 0.6) is 0 Å². The van der Waals surface area contributed by atoms with Gasteiger partial charge >= 0.3 is 11.9 Å². The maximum absolute atomic E-state index is 11.2. The van der Waals surface area contributed by atoms with Gasteiger partial charge in [-0.2, -0.15) is 0 Å². The highest BCUT2D eigenvalue weighted by atomic mass is 16.4. The molecule has 22 heavy (non-hydrogen) atoms. The minimum atomic E-state index is -1.26. The van der Waals surface area contributed by atoms with E-state index in [1.807, 2.05) is 13.8 Å². The zero-order valence-electron chi connectivity index (χ0n) is 12.9. The fourth-order valence-corrected chi connectivity index (χ4v) is 1.73. The summed E-state index contributed by atoms with van der Waals surface area (Å²) in [5.41, 5.74) is 0. The number of nitrogens with one attached hydrogen (secondary N) is 1. The summed E-state index contributed by atoms with van der Waals surface area (Å²) < 4.78 is 0. The largest absolute Gasteiger partial charge is 0.478 e. The number of β-amino-alcohol motifs (C(OH)–C–C–N with tert-alkyl or cyclic N) is 1. The number of nitrogens with zero attached hydrogens (tertiary/aromatic N) is 1. The maximum Gasteiger partial charge on any atom is 0.328 e. The highest BCUT2D eigenvalue weighted by Gasteiger charge is 2.22. The highest BCUT2D eigenvalue weighted by molar-refractivity contribution is 5.89. The minimum Gasteiger partial charge on any atom is -0.478 e. The van der Waals surface area contributed by atoms with Crippen molar-refractivity contribution in [3.63, 3.8) is 0 Å². The molecule has 0 saturated carbocycles. The van der Waals surface area contributed by atoms with Crippen LogP contribution in [-0.4, -0.2) is 69.8 Å². The molecule has 0 aromatic carbocycles. The molecule has 1 aliphatic rings. The molecule has 1 rings (SSSR count). The average Bonchev–Trinajstić information content (AvgIpc) is 2.80. The number of aliphatic hydroxyl groups excluding tert-OH is 1. The molecule has 126 valence electrons. The monoisotopic (exact) mass is 316 g/mol.